The molecule has 1 aromatic carbocycles. The summed E-state index contributed by atoms with van der Waals surface area (Å²) in [5.74, 6) is -6.94. The van der Waals surface area contributed by atoms with Gasteiger partial charge in [-0.2, -0.15) is 0 Å². The largest absolute Gasteiger partial charge is 0.396 e. The number of carbonyl (C=O) groups is 2. The Hall–Kier alpha value is -1.69. The monoisotopic (exact) mass is 260 g/mol. The third kappa shape index (κ3) is 3.16. The summed E-state index contributed by atoms with van der Waals surface area (Å²) >= 11 is 0. The standard InChI is InChI=1S/C12H11F3O3/c13-8-5-4-7(10(14)11(8)15)12(18)9(17)3-1-2-6-16/h4-5,16H,1-3,6H2. The number of aliphatic hydroxyl groups excluding tert-OH is 1. The molecule has 0 unspecified atom stereocenters. The molecule has 0 saturated carbocycles. The van der Waals surface area contributed by atoms with E-state index in [-0.39, 0.29) is 19.4 Å². The number of aliphatic hydroxyl groups is 1. The summed E-state index contributed by atoms with van der Waals surface area (Å²) in [7, 11) is 0. The maximum atomic E-state index is 13.2. The van der Waals surface area contributed by atoms with Crippen LogP contribution in [-0.2, 0) is 4.79 Å². The quantitative estimate of drug-likeness (QED) is 0.368. The van der Waals surface area contributed by atoms with Gasteiger partial charge in [0.25, 0.3) is 0 Å². The van der Waals surface area contributed by atoms with Gasteiger partial charge in [-0.25, -0.2) is 13.2 Å². The molecule has 0 saturated heterocycles. The van der Waals surface area contributed by atoms with Gasteiger partial charge in [-0.05, 0) is 25.0 Å². The predicted octanol–water partition coefficient (Wildman–Crippen LogP) is 2.02. The van der Waals surface area contributed by atoms with Crippen molar-refractivity contribution >= 4 is 11.6 Å². The summed E-state index contributed by atoms with van der Waals surface area (Å²) in [6.45, 7) is -0.124. The molecular formula is C12H11F3O3. The number of benzene rings is 1. The Labute approximate surface area is 101 Å². The number of hydrogen-bond acceptors (Lipinski definition) is 3. The molecule has 1 N–H and O–H groups in total. The summed E-state index contributed by atoms with van der Waals surface area (Å²) in [6, 6.07) is 1.33. The van der Waals surface area contributed by atoms with Gasteiger partial charge in [-0.15, -0.1) is 0 Å². The molecule has 0 aliphatic rings. The molecule has 0 radical (unpaired) electrons. The number of hydrogen-bond donors (Lipinski definition) is 1. The second-order valence-corrected chi connectivity index (χ2v) is 3.66. The normalized spacial score (nSPS) is 10.4. The molecule has 0 aliphatic carbocycles. The minimum atomic E-state index is -1.77. The molecule has 1 rings (SSSR count). The first kappa shape index (κ1) is 14.4. The van der Waals surface area contributed by atoms with Crippen LogP contribution in [0.5, 0.6) is 0 Å². The van der Waals surface area contributed by atoms with E-state index in [9.17, 15) is 22.8 Å². The van der Waals surface area contributed by atoms with Gasteiger partial charge in [0, 0.05) is 13.0 Å². The van der Waals surface area contributed by atoms with Crippen molar-refractivity contribution in [3.63, 3.8) is 0 Å². The first-order valence-electron chi connectivity index (χ1n) is 5.31. The summed E-state index contributed by atoms with van der Waals surface area (Å²) in [4.78, 5) is 22.8. The van der Waals surface area contributed by atoms with Crippen molar-refractivity contribution in [3.8, 4) is 0 Å². The zero-order valence-electron chi connectivity index (χ0n) is 9.38. The van der Waals surface area contributed by atoms with Crippen LogP contribution in [0.25, 0.3) is 0 Å². The Morgan fingerprint density at radius 2 is 1.72 bits per heavy atom. The van der Waals surface area contributed by atoms with Gasteiger partial charge in [0.2, 0.25) is 11.6 Å². The molecule has 0 amide bonds. The van der Waals surface area contributed by atoms with Gasteiger partial charge in [-0.1, -0.05) is 0 Å². The Morgan fingerprint density at radius 1 is 1.06 bits per heavy atom. The van der Waals surface area contributed by atoms with Gasteiger partial charge >= 0.3 is 0 Å². The number of unbranched alkanes of at least 4 members (excludes halogenated alkanes) is 1. The van der Waals surface area contributed by atoms with Crippen molar-refractivity contribution in [1.29, 1.82) is 0 Å². The molecule has 0 aliphatic heterocycles. The number of ketones is 2. The molecule has 0 fully saturated rings. The minimum absolute atomic E-state index is 0.124. The van der Waals surface area contributed by atoms with Crippen LogP contribution in [0.3, 0.4) is 0 Å². The highest BCUT2D eigenvalue weighted by atomic mass is 19.2. The first-order valence-corrected chi connectivity index (χ1v) is 5.31. The lowest BCUT2D eigenvalue weighted by Crippen LogP contribution is -2.16. The summed E-state index contributed by atoms with van der Waals surface area (Å²) in [6.07, 6.45) is 0.434. The van der Waals surface area contributed by atoms with Crippen molar-refractivity contribution in [2.75, 3.05) is 6.61 Å². The van der Waals surface area contributed by atoms with Crippen LogP contribution in [0.15, 0.2) is 12.1 Å². The van der Waals surface area contributed by atoms with Crippen LogP contribution in [0, 0.1) is 17.5 Å². The molecule has 0 bridgehead atoms. The molecule has 1 aromatic rings. The minimum Gasteiger partial charge on any atom is -0.396 e. The highest BCUT2D eigenvalue weighted by Gasteiger charge is 2.23. The zero-order chi connectivity index (χ0) is 13.7. The molecule has 0 atom stereocenters. The lowest BCUT2D eigenvalue weighted by molar-refractivity contribution is -0.115. The molecule has 0 aromatic heterocycles. The van der Waals surface area contributed by atoms with Gasteiger partial charge < -0.3 is 5.11 Å². The topological polar surface area (TPSA) is 54.4 Å². The van der Waals surface area contributed by atoms with Crippen molar-refractivity contribution in [2.24, 2.45) is 0 Å². The lowest BCUT2D eigenvalue weighted by atomic mass is 10.0. The molecule has 0 spiro atoms. The molecule has 0 heterocycles. The SMILES string of the molecule is O=C(CCCCO)C(=O)c1ccc(F)c(F)c1F. The fraction of sp³-hybridized carbons (Fsp3) is 0.333. The fourth-order valence-corrected chi connectivity index (χ4v) is 1.36. The van der Waals surface area contributed by atoms with Crippen molar-refractivity contribution in [3.05, 3.63) is 35.1 Å². The van der Waals surface area contributed by atoms with Crippen molar-refractivity contribution in [1.82, 2.24) is 0 Å². The van der Waals surface area contributed by atoms with E-state index in [0.717, 1.165) is 6.07 Å². The van der Waals surface area contributed by atoms with Crippen LogP contribution in [0.2, 0.25) is 0 Å². The Bertz CT molecular complexity index is 472. The van der Waals surface area contributed by atoms with Crippen molar-refractivity contribution < 1.29 is 27.9 Å². The van der Waals surface area contributed by atoms with Gasteiger partial charge in [0.1, 0.15) is 0 Å². The third-order valence-electron chi connectivity index (χ3n) is 2.35. The van der Waals surface area contributed by atoms with Crippen LogP contribution in [0.1, 0.15) is 29.6 Å². The van der Waals surface area contributed by atoms with Gasteiger partial charge in [0.15, 0.2) is 17.5 Å². The Balaban J connectivity index is 2.84. The summed E-state index contributed by atoms with van der Waals surface area (Å²) < 4.78 is 38.7. The second kappa shape index (κ2) is 6.30. The Morgan fingerprint density at radius 3 is 2.33 bits per heavy atom. The lowest BCUT2D eigenvalue weighted by Gasteiger charge is -2.03. The molecular weight excluding hydrogens is 249 g/mol. The maximum absolute atomic E-state index is 13.2. The Kier molecular flexibility index (Phi) is 5.03. The van der Waals surface area contributed by atoms with Gasteiger partial charge in [-0.3, -0.25) is 9.59 Å². The maximum Gasteiger partial charge on any atom is 0.231 e. The average molecular weight is 260 g/mol. The zero-order valence-corrected chi connectivity index (χ0v) is 9.38. The number of Topliss-reactive ketones (excluding diaryl/α,β-unsaturated/α-hetero) is 2. The highest BCUT2D eigenvalue weighted by molar-refractivity contribution is 6.43. The second-order valence-electron chi connectivity index (χ2n) is 3.66. The molecule has 3 nitrogen and oxygen atoms in total. The average Bonchev–Trinajstić information content (AvgIpc) is 2.35. The predicted molar refractivity (Wildman–Crippen MR) is 56.6 cm³/mol. The molecule has 98 valence electrons. The number of rotatable bonds is 6. The van der Waals surface area contributed by atoms with E-state index in [0.29, 0.717) is 12.5 Å². The smallest absolute Gasteiger partial charge is 0.231 e. The third-order valence-corrected chi connectivity index (χ3v) is 2.35. The van der Waals surface area contributed by atoms with Crippen LogP contribution in [-0.4, -0.2) is 23.3 Å². The summed E-state index contributed by atoms with van der Waals surface area (Å²) in [5, 5.41) is 8.50. The number of halogens is 3. The van der Waals surface area contributed by atoms with Crippen molar-refractivity contribution in [2.45, 2.75) is 19.3 Å². The van der Waals surface area contributed by atoms with E-state index in [1.54, 1.807) is 0 Å². The van der Waals surface area contributed by atoms with E-state index >= 15 is 0 Å². The van der Waals surface area contributed by atoms with E-state index in [4.69, 9.17) is 5.11 Å². The van der Waals surface area contributed by atoms with Crippen LogP contribution >= 0.6 is 0 Å². The highest BCUT2D eigenvalue weighted by Crippen LogP contribution is 2.16. The van der Waals surface area contributed by atoms with E-state index in [1.165, 1.54) is 0 Å². The summed E-state index contributed by atoms with van der Waals surface area (Å²) in [5.41, 5.74) is -0.775. The molecule has 18 heavy (non-hydrogen) atoms. The van der Waals surface area contributed by atoms with Gasteiger partial charge in [0.05, 0.1) is 5.56 Å². The van der Waals surface area contributed by atoms with E-state index < -0.39 is 34.6 Å². The van der Waals surface area contributed by atoms with E-state index in [1.807, 2.05) is 0 Å². The fourth-order valence-electron chi connectivity index (χ4n) is 1.36. The number of carbonyl (C=O) groups excluding carboxylic acids is 2. The van der Waals surface area contributed by atoms with E-state index in [2.05, 4.69) is 0 Å². The first-order chi connectivity index (χ1) is 8.49. The van der Waals surface area contributed by atoms with Crippen LogP contribution < -0.4 is 0 Å². The van der Waals surface area contributed by atoms with Crippen LogP contribution in [0.4, 0.5) is 13.2 Å². The molecule has 6 heteroatoms.